The highest BCUT2D eigenvalue weighted by Crippen LogP contribution is 2.40. The third-order valence-electron chi connectivity index (χ3n) is 4.82. The Hall–Kier alpha value is -2.61. The highest BCUT2D eigenvalue weighted by Gasteiger charge is 2.54. The van der Waals surface area contributed by atoms with Gasteiger partial charge < -0.3 is 4.74 Å². The summed E-state index contributed by atoms with van der Waals surface area (Å²) in [5.41, 5.74) is 0.998. The second-order valence-corrected chi connectivity index (χ2v) is 8.54. The summed E-state index contributed by atoms with van der Waals surface area (Å²) in [6.07, 6.45) is 0. The molecule has 0 unspecified atom stereocenters. The van der Waals surface area contributed by atoms with Crippen LogP contribution in [-0.2, 0) is 9.84 Å². The molecule has 6 nitrogen and oxygen atoms in total. The molecule has 2 aliphatic heterocycles. The van der Waals surface area contributed by atoms with E-state index < -0.39 is 27.7 Å². The van der Waals surface area contributed by atoms with E-state index in [1.807, 2.05) is 0 Å². The first kappa shape index (κ1) is 16.8. The maximum atomic E-state index is 13.3. The van der Waals surface area contributed by atoms with Crippen LogP contribution in [-0.4, -0.2) is 45.1 Å². The molecule has 2 aromatic rings. The number of benzene rings is 2. The van der Waals surface area contributed by atoms with Gasteiger partial charge >= 0.3 is 6.03 Å². The van der Waals surface area contributed by atoms with Crippen molar-refractivity contribution in [2.24, 2.45) is 0 Å². The van der Waals surface area contributed by atoms with Gasteiger partial charge in [-0.15, -0.1) is 0 Å². The molecule has 2 amide bonds. The summed E-state index contributed by atoms with van der Waals surface area (Å²) in [6, 6.07) is 11.1. The predicted molar refractivity (Wildman–Crippen MR) is 96.0 cm³/mol. The van der Waals surface area contributed by atoms with Crippen molar-refractivity contribution in [3.8, 4) is 5.75 Å². The first-order chi connectivity index (χ1) is 12.4. The Kier molecular flexibility index (Phi) is 3.87. The summed E-state index contributed by atoms with van der Waals surface area (Å²) >= 11 is 0. The van der Waals surface area contributed by atoms with Crippen LogP contribution < -0.4 is 14.5 Å². The van der Waals surface area contributed by atoms with Crippen LogP contribution in [0.5, 0.6) is 5.75 Å². The largest absolute Gasteiger partial charge is 0.495 e. The maximum absolute atomic E-state index is 13.3. The summed E-state index contributed by atoms with van der Waals surface area (Å²) in [6.45, 7) is 0. The Bertz CT molecular complexity index is 961. The van der Waals surface area contributed by atoms with Gasteiger partial charge in [-0.3, -0.25) is 9.80 Å². The molecule has 0 spiro atoms. The molecule has 0 N–H and O–H groups in total. The van der Waals surface area contributed by atoms with Crippen molar-refractivity contribution in [2.75, 3.05) is 28.4 Å². The average Bonchev–Trinajstić information content (AvgIpc) is 3.04. The molecule has 2 heterocycles. The monoisotopic (exact) mass is 376 g/mol. The number of fused-ring (bicyclic) bond motifs is 1. The predicted octanol–water partition coefficient (Wildman–Crippen LogP) is 2.45. The molecule has 2 atom stereocenters. The lowest BCUT2D eigenvalue weighted by molar-refractivity contribution is 0.255. The number of nitrogens with zero attached hydrogens (tertiary/aromatic N) is 2. The number of halogens is 1. The number of ether oxygens (including phenoxy) is 1. The average molecular weight is 376 g/mol. The van der Waals surface area contributed by atoms with E-state index in [2.05, 4.69) is 0 Å². The molecule has 2 aliphatic rings. The third-order valence-corrected chi connectivity index (χ3v) is 6.52. The number of carbonyl (C=O) groups excluding carboxylic acids is 1. The van der Waals surface area contributed by atoms with Gasteiger partial charge in [0.25, 0.3) is 0 Å². The Morgan fingerprint density at radius 2 is 1.62 bits per heavy atom. The normalized spacial score (nSPS) is 24.0. The van der Waals surface area contributed by atoms with Crippen molar-refractivity contribution in [2.45, 2.75) is 12.1 Å². The molecule has 0 aromatic heterocycles. The number of rotatable bonds is 3. The number of methoxy groups -OCH3 is 1. The third kappa shape index (κ3) is 2.61. The zero-order valence-corrected chi connectivity index (χ0v) is 14.8. The van der Waals surface area contributed by atoms with Crippen LogP contribution in [0, 0.1) is 5.82 Å². The minimum Gasteiger partial charge on any atom is -0.495 e. The number of urea groups is 1. The van der Waals surface area contributed by atoms with Crippen molar-refractivity contribution in [3.63, 3.8) is 0 Å². The second kappa shape index (κ2) is 5.98. The smallest absolute Gasteiger partial charge is 0.329 e. The van der Waals surface area contributed by atoms with Crippen molar-refractivity contribution in [1.29, 1.82) is 0 Å². The fraction of sp³-hybridized carbons (Fsp3) is 0.278. The molecule has 2 fully saturated rings. The number of anilines is 2. The highest BCUT2D eigenvalue weighted by atomic mass is 32.2. The van der Waals surface area contributed by atoms with Gasteiger partial charge in [0.15, 0.2) is 9.84 Å². The molecule has 8 heteroatoms. The fourth-order valence-electron chi connectivity index (χ4n) is 3.72. The minimum absolute atomic E-state index is 0.112. The van der Waals surface area contributed by atoms with E-state index >= 15 is 0 Å². The molecular formula is C18H17FN2O4S. The van der Waals surface area contributed by atoms with Gasteiger partial charge in [-0.25, -0.2) is 17.6 Å². The number of sulfone groups is 1. The topological polar surface area (TPSA) is 66.9 Å². The van der Waals surface area contributed by atoms with Gasteiger partial charge in [0.2, 0.25) is 0 Å². The summed E-state index contributed by atoms with van der Waals surface area (Å²) in [5.74, 6) is -0.159. The van der Waals surface area contributed by atoms with E-state index in [-0.39, 0.29) is 17.5 Å². The van der Waals surface area contributed by atoms with E-state index in [0.717, 1.165) is 0 Å². The van der Waals surface area contributed by atoms with Gasteiger partial charge in [-0.2, -0.15) is 0 Å². The van der Waals surface area contributed by atoms with E-state index in [0.29, 0.717) is 17.1 Å². The summed E-state index contributed by atoms with van der Waals surface area (Å²) in [4.78, 5) is 16.1. The molecule has 2 aromatic carbocycles. The number of amides is 2. The fourth-order valence-corrected chi connectivity index (χ4v) is 5.64. The van der Waals surface area contributed by atoms with Crippen molar-refractivity contribution in [3.05, 3.63) is 54.3 Å². The number of carbonyl (C=O) groups is 1. The molecule has 0 saturated carbocycles. The molecule has 0 aliphatic carbocycles. The minimum atomic E-state index is -3.29. The van der Waals surface area contributed by atoms with Gasteiger partial charge in [-0.05, 0) is 36.4 Å². The van der Waals surface area contributed by atoms with Crippen LogP contribution in [0.4, 0.5) is 20.6 Å². The number of hydrogen-bond donors (Lipinski definition) is 0. The number of hydrogen-bond acceptors (Lipinski definition) is 4. The Labute approximate surface area is 150 Å². The standard InChI is InChI=1S/C18H17FN2O4S/c1-25-17-5-3-2-4-14(17)21-16-11-26(23,24)10-15(16)20(18(21)22)13-8-6-12(19)7-9-13/h2-9,15-16H,10-11H2,1H3/t15-,16-/m1/s1. The second-order valence-electron chi connectivity index (χ2n) is 6.38. The molecular weight excluding hydrogens is 359 g/mol. The molecule has 0 bridgehead atoms. The zero-order valence-electron chi connectivity index (χ0n) is 14.0. The Morgan fingerprint density at radius 3 is 2.27 bits per heavy atom. The highest BCUT2D eigenvalue weighted by molar-refractivity contribution is 7.91. The van der Waals surface area contributed by atoms with Crippen LogP contribution in [0.15, 0.2) is 48.5 Å². The van der Waals surface area contributed by atoms with E-state index in [1.165, 1.54) is 41.2 Å². The lowest BCUT2D eigenvalue weighted by Crippen LogP contribution is -2.38. The van der Waals surface area contributed by atoms with Crippen LogP contribution in [0.1, 0.15) is 0 Å². The Morgan fingerprint density at radius 1 is 1.00 bits per heavy atom. The number of para-hydroxylation sites is 2. The first-order valence-corrected chi connectivity index (χ1v) is 9.95. The zero-order chi connectivity index (χ0) is 18.5. The maximum Gasteiger partial charge on any atom is 0.329 e. The SMILES string of the molecule is COc1ccccc1N1C(=O)N(c2ccc(F)cc2)[C@@H]2CS(=O)(=O)C[C@H]21. The summed E-state index contributed by atoms with van der Waals surface area (Å²) < 4.78 is 43.1. The quantitative estimate of drug-likeness (QED) is 0.772. The summed E-state index contributed by atoms with van der Waals surface area (Å²) in [7, 11) is -1.79. The first-order valence-electron chi connectivity index (χ1n) is 8.13. The van der Waals surface area contributed by atoms with Gasteiger partial charge in [-0.1, -0.05) is 12.1 Å². The molecule has 4 rings (SSSR count). The van der Waals surface area contributed by atoms with Crippen molar-refractivity contribution < 1.29 is 22.3 Å². The van der Waals surface area contributed by atoms with E-state index in [4.69, 9.17) is 4.74 Å². The molecule has 2 saturated heterocycles. The lowest BCUT2D eigenvalue weighted by Gasteiger charge is -2.24. The van der Waals surface area contributed by atoms with E-state index in [9.17, 15) is 17.6 Å². The van der Waals surface area contributed by atoms with Gasteiger partial charge in [0, 0.05) is 5.69 Å². The molecule has 0 radical (unpaired) electrons. The Balaban J connectivity index is 1.83. The van der Waals surface area contributed by atoms with Crippen LogP contribution in [0.2, 0.25) is 0 Å². The molecule has 136 valence electrons. The molecule has 26 heavy (non-hydrogen) atoms. The van der Waals surface area contributed by atoms with Crippen LogP contribution >= 0.6 is 0 Å². The van der Waals surface area contributed by atoms with E-state index in [1.54, 1.807) is 24.3 Å². The van der Waals surface area contributed by atoms with Gasteiger partial charge in [0.05, 0.1) is 36.4 Å². The van der Waals surface area contributed by atoms with Gasteiger partial charge in [0.1, 0.15) is 11.6 Å². The van der Waals surface area contributed by atoms with Crippen molar-refractivity contribution >= 4 is 27.2 Å². The summed E-state index contributed by atoms with van der Waals surface area (Å²) in [5, 5.41) is 0. The van der Waals surface area contributed by atoms with Crippen LogP contribution in [0.3, 0.4) is 0 Å². The van der Waals surface area contributed by atoms with Crippen molar-refractivity contribution in [1.82, 2.24) is 0 Å². The van der Waals surface area contributed by atoms with Crippen LogP contribution in [0.25, 0.3) is 0 Å². The lowest BCUT2D eigenvalue weighted by atomic mass is 10.1.